The summed E-state index contributed by atoms with van der Waals surface area (Å²) in [6, 6.07) is 8.41. The number of benzene rings is 1. The third-order valence-electron chi connectivity index (χ3n) is 5.13. The molecule has 1 aliphatic carbocycles. The Bertz CT molecular complexity index is 605. The van der Waals surface area contributed by atoms with E-state index in [1.54, 1.807) is 0 Å². The molecule has 1 saturated heterocycles. The van der Waals surface area contributed by atoms with E-state index in [0.717, 1.165) is 30.9 Å². The lowest BCUT2D eigenvalue weighted by atomic mass is 9.98. The van der Waals surface area contributed by atoms with E-state index >= 15 is 0 Å². The molecule has 5 heteroatoms. The van der Waals surface area contributed by atoms with E-state index in [0.29, 0.717) is 6.54 Å². The molecule has 0 aromatic heterocycles. The molecule has 0 bridgehead atoms. The van der Waals surface area contributed by atoms with Crippen LogP contribution in [0.25, 0.3) is 0 Å². The summed E-state index contributed by atoms with van der Waals surface area (Å²) in [5.74, 6) is 0.859. The molecular formula is C20H29N3O2. The minimum absolute atomic E-state index is 0.00740. The highest BCUT2D eigenvalue weighted by molar-refractivity contribution is 5.86. The van der Waals surface area contributed by atoms with Crippen molar-refractivity contribution in [2.75, 3.05) is 19.6 Å². The lowest BCUT2D eigenvalue weighted by Gasteiger charge is -2.30. The van der Waals surface area contributed by atoms with E-state index in [2.05, 4.69) is 40.7 Å². The topological polar surface area (TPSA) is 61.4 Å². The quantitative estimate of drug-likeness (QED) is 0.797. The van der Waals surface area contributed by atoms with Gasteiger partial charge in [-0.05, 0) is 55.8 Å². The van der Waals surface area contributed by atoms with E-state index in [9.17, 15) is 9.59 Å². The second-order valence-electron chi connectivity index (χ2n) is 7.55. The van der Waals surface area contributed by atoms with Crippen LogP contribution in [0.5, 0.6) is 0 Å². The summed E-state index contributed by atoms with van der Waals surface area (Å²) in [6.07, 6.45) is 4.47. The second-order valence-corrected chi connectivity index (χ2v) is 7.55. The molecule has 1 aliphatic heterocycles. The Balaban J connectivity index is 1.41. The third-order valence-corrected chi connectivity index (χ3v) is 5.13. The van der Waals surface area contributed by atoms with Crippen LogP contribution in [0.15, 0.2) is 24.3 Å². The summed E-state index contributed by atoms with van der Waals surface area (Å²) >= 11 is 0. The van der Waals surface area contributed by atoms with Crippen LogP contribution in [0, 0.1) is 11.8 Å². The molecule has 1 aromatic carbocycles. The number of piperidine rings is 1. The number of hydrogen-bond acceptors (Lipinski definition) is 3. The van der Waals surface area contributed by atoms with Crippen molar-refractivity contribution in [1.82, 2.24) is 15.5 Å². The summed E-state index contributed by atoms with van der Waals surface area (Å²) in [7, 11) is 0. The first-order valence-electron chi connectivity index (χ1n) is 9.45. The molecule has 2 amide bonds. The van der Waals surface area contributed by atoms with Crippen LogP contribution in [0.1, 0.15) is 43.7 Å². The van der Waals surface area contributed by atoms with Gasteiger partial charge in [0.25, 0.3) is 0 Å². The van der Waals surface area contributed by atoms with Gasteiger partial charge in [-0.1, -0.05) is 31.2 Å². The molecule has 0 spiro atoms. The van der Waals surface area contributed by atoms with Gasteiger partial charge in [0.2, 0.25) is 11.8 Å². The standard InChI is InChI=1S/C20H29N3O2/c1-15-7-9-23(10-8-15)14-17-4-2-3-16(11-17)12-21-19(24)13-22-20(25)18-5-6-18/h2-4,11,15,18H,5-10,12-14H2,1H3,(H,21,24)(H,22,25). The van der Waals surface area contributed by atoms with E-state index in [-0.39, 0.29) is 24.3 Å². The number of hydrogen-bond donors (Lipinski definition) is 2. The van der Waals surface area contributed by atoms with Crippen LogP contribution < -0.4 is 10.6 Å². The van der Waals surface area contributed by atoms with E-state index < -0.39 is 0 Å². The monoisotopic (exact) mass is 343 g/mol. The molecular weight excluding hydrogens is 314 g/mol. The molecule has 0 radical (unpaired) electrons. The van der Waals surface area contributed by atoms with Crippen LogP contribution in [0.3, 0.4) is 0 Å². The van der Waals surface area contributed by atoms with Gasteiger partial charge in [0.05, 0.1) is 6.54 Å². The fourth-order valence-corrected chi connectivity index (χ4v) is 3.24. The maximum atomic E-state index is 11.9. The zero-order chi connectivity index (χ0) is 17.6. The van der Waals surface area contributed by atoms with E-state index in [4.69, 9.17) is 0 Å². The molecule has 0 atom stereocenters. The smallest absolute Gasteiger partial charge is 0.239 e. The Morgan fingerprint density at radius 3 is 2.52 bits per heavy atom. The molecule has 2 N–H and O–H groups in total. The van der Waals surface area contributed by atoms with Gasteiger partial charge in [-0.2, -0.15) is 0 Å². The molecule has 1 aromatic rings. The Hall–Kier alpha value is -1.88. The Morgan fingerprint density at radius 2 is 1.80 bits per heavy atom. The van der Waals surface area contributed by atoms with Gasteiger partial charge in [-0.3, -0.25) is 14.5 Å². The number of carbonyl (C=O) groups excluding carboxylic acids is 2. The lowest BCUT2D eigenvalue weighted by molar-refractivity contribution is -0.126. The van der Waals surface area contributed by atoms with Gasteiger partial charge in [-0.25, -0.2) is 0 Å². The first kappa shape index (κ1) is 17.9. The third kappa shape index (κ3) is 5.85. The Morgan fingerprint density at radius 1 is 1.08 bits per heavy atom. The minimum Gasteiger partial charge on any atom is -0.350 e. The molecule has 25 heavy (non-hydrogen) atoms. The predicted octanol–water partition coefficient (Wildman–Crippen LogP) is 2.06. The van der Waals surface area contributed by atoms with Crippen LogP contribution >= 0.6 is 0 Å². The van der Waals surface area contributed by atoms with Crippen LogP contribution in [-0.4, -0.2) is 36.3 Å². The highest BCUT2D eigenvalue weighted by Crippen LogP contribution is 2.28. The number of nitrogens with one attached hydrogen (secondary N) is 2. The number of nitrogens with zero attached hydrogens (tertiary/aromatic N) is 1. The van der Waals surface area contributed by atoms with Gasteiger partial charge in [0.1, 0.15) is 0 Å². The van der Waals surface area contributed by atoms with Crippen molar-refractivity contribution >= 4 is 11.8 Å². The summed E-state index contributed by atoms with van der Waals surface area (Å²) in [5, 5.41) is 5.58. The molecule has 1 heterocycles. The number of amides is 2. The normalized spacial score (nSPS) is 18.8. The van der Waals surface area contributed by atoms with Crippen molar-refractivity contribution in [3.63, 3.8) is 0 Å². The van der Waals surface area contributed by atoms with Crippen molar-refractivity contribution in [3.8, 4) is 0 Å². The highest BCUT2D eigenvalue weighted by Gasteiger charge is 2.29. The van der Waals surface area contributed by atoms with Crippen molar-refractivity contribution in [1.29, 1.82) is 0 Å². The average Bonchev–Trinajstić information content (AvgIpc) is 3.45. The summed E-state index contributed by atoms with van der Waals surface area (Å²) in [5.41, 5.74) is 2.40. The average molecular weight is 343 g/mol. The first-order valence-corrected chi connectivity index (χ1v) is 9.45. The Labute approximate surface area is 150 Å². The van der Waals surface area contributed by atoms with E-state index in [1.807, 2.05) is 6.07 Å². The SMILES string of the molecule is CC1CCN(Cc2cccc(CNC(=O)CNC(=O)C3CC3)c2)CC1. The van der Waals surface area contributed by atoms with Gasteiger partial charge in [-0.15, -0.1) is 0 Å². The lowest BCUT2D eigenvalue weighted by Crippen LogP contribution is -2.37. The largest absolute Gasteiger partial charge is 0.350 e. The molecule has 3 rings (SSSR count). The zero-order valence-electron chi connectivity index (χ0n) is 15.1. The fraction of sp³-hybridized carbons (Fsp3) is 0.600. The predicted molar refractivity (Wildman–Crippen MR) is 97.7 cm³/mol. The maximum Gasteiger partial charge on any atom is 0.239 e. The van der Waals surface area contributed by atoms with Crippen LogP contribution in [0.2, 0.25) is 0 Å². The number of rotatable bonds is 7. The van der Waals surface area contributed by atoms with E-state index in [1.165, 1.54) is 31.5 Å². The van der Waals surface area contributed by atoms with Gasteiger partial charge < -0.3 is 10.6 Å². The van der Waals surface area contributed by atoms with Crippen molar-refractivity contribution in [3.05, 3.63) is 35.4 Å². The minimum atomic E-state index is -0.135. The summed E-state index contributed by atoms with van der Waals surface area (Å²) < 4.78 is 0. The molecule has 1 saturated carbocycles. The molecule has 0 unspecified atom stereocenters. The Kier molecular flexibility index (Phi) is 6.08. The van der Waals surface area contributed by atoms with Crippen molar-refractivity contribution in [2.45, 2.75) is 45.7 Å². The molecule has 5 nitrogen and oxygen atoms in total. The highest BCUT2D eigenvalue weighted by atomic mass is 16.2. The van der Waals surface area contributed by atoms with Gasteiger partial charge in [0, 0.05) is 19.0 Å². The van der Waals surface area contributed by atoms with Crippen LogP contribution in [0.4, 0.5) is 0 Å². The molecule has 2 aliphatic rings. The number of carbonyl (C=O) groups is 2. The first-order chi connectivity index (χ1) is 12.1. The summed E-state index contributed by atoms with van der Waals surface area (Å²) in [6.45, 7) is 6.22. The molecule has 136 valence electrons. The zero-order valence-corrected chi connectivity index (χ0v) is 15.1. The maximum absolute atomic E-state index is 11.9. The molecule has 2 fully saturated rings. The summed E-state index contributed by atoms with van der Waals surface area (Å²) in [4.78, 5) is 25.9. The van der Waals surface area contributed by atoms with Crippen molar-refractivity contribution in [2.24, 2.45) is 11.8 Å². The van der Waals surface area contributed by atoms with Crippen molar-refractivity contribution < 1.29 is 9.59 Å². The fourth-order valence-electron chi connectivity index (χ4n) is 3.24. The second kappa shape index (κ2) is 8.48. The number of likely N-dealkylation sites (tertiary alicyclic amines) is 1. The van der Waals surface area contributed by atoms with Crippen LogP contribution in [-0.2, 0) is 22.7 Å². The van der Waals surface area contributed by atoms with Gasteiger partial charge >= 0.3 is 0 Å². The van der Waals surface area contributed by atoms with Gasteiger partial charge in [0.15, 0.2) is 0 Å².